The van der Waals surface area contributed by atoms with Crippen molar-refractivity contribution in [2.45, 2.75) is 23.0 Å². The van der Waals surface area contributed by atoms with E-state index in [1.807, 2.05) is 0 Å². The highest BCUT2D eigenvalue weighted by Crippen LogP contribution is 2.36. The van der Waals surface area contributed by atoms with Crippen LogP contribution in [0.4, 0.5) is 23.2 Å². The van der Waals surface area contributed by atoms with Gasteiger partial charge in [0.15, 0.2) is 0 Å². The van der Waals surface area contributed by atoms with Crippen LogP contribution in [0.5, 0.6) is 0 Å². The molecular formula is C19H15F4N3OS. The summed E-state index contributed by atoms with van der Waals surface area (Å²) < 4.78 is 53.3. The quantitative estimate of drug-likeness (QED) is 0.596. The van der Waals surface area contributed by atoms with Crippen LogP contribution in [0.1, 0.15) is 21.6 Å². The molecule has 1 amide bonds. The molecule has 0 aliphatic heterocycles. The Balaban J connectivity index is 1.91. The predicted molar refractivity (Wildman–Crippen MR) is 97.9 cm³/mol. The summed E-state index contributed by atoms with van der Waals surface area (Å²) in [4.78, 5) is 13.0. The second-order valence-corrected chi connectivity index (χ2v) is 7.04. The number of rotatable bonds is 4. The summed E-state index contributed by atoms with van der Waals surface area (Å²) in [5.41, 5.74) is 0.296. The second kappa shape index (κ2) is 7.67. The number of benzene rings is 2. The number of amides is 1. The monoisotopic (exact) mass is 409 g/mol. The minimum Gasteiger partial charge on any atom is -0.322 e. The van der Waals surface area contributed by atoms with Crippen LogP contribution in [0.15, 0.2) is 58.5 Å². The van der Waals surface area contributed by atoms with Crippen molar-refractivity contribution in [1.82, 2.24) is 9.78 Å². The molecule has 0 aliphatic rings. The zero-order valence-corrected chi connectivity index (χ0v) is 15.7. The van der Waals surface area contributed by atoms with E-state index in [0.29, 0.717) is 21.3 Å². The first-order chi connectivity index (χ1) is 13.1. The lowest BCUT2D eigenvalue weighted by Crippen LogP contribution is -2.13. The van der Waals surface area contributed by atoms with Crippen LogP contribution in [-0.2, 0) is 13.2 Å². The maximum Gasteiger partial charge on any atom is 0.416 e. The third-order valence-corrected chi connectivity index (χ3v) is 5.03. The lowest BCUT2D eigenvalue weighted by Gasteiger charge is -2.10. The molecule has 0 unspecified atom stereocenters. The van der Waals surface area contributed by atoms with Crippen LogP contribution in [0.2, 0.25) is 0 Å². The number of halogens is 4. The summed E-state index contributed by atoms with van der Waals surface area (Å²) in [5.74, 6) is -0.914. The van der Waals surface area contributed by atoms with Gasteiger partial charge in [-0.2, -0.15) is 18.3 Å². The molecule has 0 spiro atoms. The van der Waals surface area contributed by atoms with E-state index in [0.717, 1.165) is 23.9 Å². The number of alkyl halides is 3. The average molecular weight is 409 g/mol. The average Bonchev–Trinajstić information content (AvgIpc) is 2.90. The molecule has 3 rings (SSSR count). The Morgan fingerprint density at radius 2 is 1.82 bits per heavy atom. The summed E-state index contributed by atoms with van der Waals surface area (Å²) in [7, 11) is 1.61. The van der Waals surface area contributed by atoms with Gasteiger partial charge in [-0.25, -0.2) is 4.39 Å². The van der Waals surface area contributed by atoms with E-state index < -0.39 is 23.5 Å². The molecule has 0 aliphatic carbocycles. The van der Waals surface area contributed by atoms with Crippen molar-refractivity contribution in [2.75, 3.05) is 5.32 Å². The fraction of sp³-hybridized carbons (Fsp3) is 0.158. The zero-order chi connectivity index (χ0) is 20.5. The molecule has 9 heteroatoms. The van der Waals surface area contributed by atoms with Crippen LogP contribution in [0.3, 0.4) is 0 Å². The number of nitrogens with one attached hydrogen (secondary N) is 1. The van der Waals surface area contributed by atoms with Crippen LogP contribution in [0.25, 0.3) is 0 Å². The van der Waals surface area contributed by atoms with Gasteiger partial charge in [-0.15, -0.1) is 0 Å². The van der Waals surface area contributed by atoms with Gasteiger partial charge in [-0.3, -0.25) is 9.48 Å². The Morgan fingerprint density at radius 1 is 1.14 bits per heavy atom. The molecule has 0 bridgehead atoms. The summed E-state index contributed by atoms with van der Waals surface area (Å²) in [6.45, 7) is 1.63. The fourth-order valence-corrected chi connectivity index (χ4v) is 3.66. The van der Waals surface area contributed by atoms with Crippen LogP contribution in [0, 0.1) is 12.7 Å². The van der Waals surface area contributed by atoms with Crippen molar-refractivity contribution in [3.63, 3.8) is 0 Å². The molecule has 0 fully saturated rings. The van der Waals surface area contributed by atoms with Gasteiger partial charge in [0.25, 0.3) is 5.91 Å². The van der Waals surface area contributed by atoms with Crippen molar-refractivity contribution in [1.29, 1.82) is 0 Å². The Bertz CT molecular complexity index is 1010. The highest BCUT2D eigenvalue weighted by atomic mass is 32.2. The maximum absolute atomic E-state index is 13.0. The Morgan fingerprint density at radius 3 is 2.46 bits per heavy atom. The van der Waals surface area contributed by atoms with Gasteiger partial charge < -0.3 is 5.32 Å². The summed E-state index contributed by atoms with van der Waals surface area (Å²) in [6, 6.07) is 10.1. The normalized spacial score (nSPS) is 11.5. The molecule has 3 aromatic rings. The molecule has 2 aromatic carbocycles. The Kier molecular flexibility index (Phi) is 5.46. The van der Waals surface area contributed by atoms with E-state index in [4.69, 9.17) is 0 Å². The molecule has 0 radical (unpaired) electrons. The van der Waals surface area contributed by atoms with Crippen molar-refractivity contribution < 1.29 is 22.4 Å². The molecule has 0 atom stereocenters. The van der Waals surface area contributed by atoms with Crippen LogP contribution in [-0.4, -0.2) is 15.7 Å². The lowest BCUT2D eigenvalue weighted by atomic mass is 10.2. The molecule has 4 nitrogen and oxygen atoms in total. The molecule has 146 valence electrons. The standard InChI is InChI=1S/C19H15F4N3OS/c1-11-16(17(27)24-14-8-6-13(20)7-9-14)18(26(2)25-11)28-15-5-3-4-12(10-15)19(21,22)23/h3-10H,1-2H3,(H,24,27). The topological polar surface area (TPSA) is 46.9 Å². The number of nitrogens with zero attached hydrogens (tertiary/aromatic N) is 2. The number of carbonyl (C=O) groups is 1. The minimum atomic E-state index is -4.46. The number of hydrogen-bond acceptors (Lipinski definition) is 3. The van der Waals surface area contributed by atoms with E-state index in [-0.39, 0.29) is 5.56 Å². The first-order valence-corrected chi connectivity index (χ1v) is 8.92. The molecule has 1 N–H and O–H groups in total. The zero-order valence-electron chi connectivity index (χ0n) is 14.8. The first kappa shape index (κ1) is 19.9. The largest absolute Gasteiger partial charge is 0.416 e. The van der Waals surface area contributed by atoms with Crippen molar-refractivity contribution in [3.8, 4) is 0 Å². The van der Waals surface area contributed by atoms with E-state index in [9.17, 15) is 22.4 Å². The number of hydrogen-bond donors (Lipinski definition) is 1. The molecule has 1 heterocycles. The number of aromatic nitrogens is 2. The number of aryl methyl sites for hydroxylation is 2. The van der Waals surface area contributed by atoms with Gasteiger partial charge in [-0.1, -0.05) is 17.8 Å². The van der Waals surface area contributed by atoms with Crippen molar-refractivity contribution in [2.24, 2.45) is 7.05 Å². The predicted octanol–water partition coefficient (Wildman–Crippen LogP) is 5.29. The van der Waals surface area contributed by atoms with Crippen molar-refractivity contribution >= 4 is 23.4 Å². The fourth-order valence-electron chi connectivity index (χ4n) is 2.59. The van der Waals surface area contributed by atoms with E-state index >= 15 is 0 Å². The van der Waals surface area contributed by atoms with Crippen LogP contribution < -0.4 is 5.32 Å². The molecular weight excluding hydrogens is 394 g/mol. The second-order valence-electron chi connectivity index (χ2n) is 5.98. The van der Waals surface area contributed by atoms with E-state index in [1.54, 1.807) is 14.0 Å². The van der Waals surface area contributed by atoms with Gasteiger partial charge >= 0.3 is 6.18 Å². The SMILES string of the molecule is Cc1nn(C)c(Sc2cccc(C(F)(F)F)c2)c1C(=O)Nc1ccc(F)cc1. The number of carbonyl (C=O) groups excluding carboxylic acids is 1. The first-order valence-electron chi connectivity index (χ1n) is 8.11. The van der Waals surface area contributed by atoms with Gasteiger partial charge in [0.1, 0.15) is 10.8 Å². The van der Waals surface area contributed by atoms with Crippen molar-refractivity contribution in [3.05, 3.63) is 71.2 Å². The number of anilines is 1. The summed E-state index contributed by atoms with van der Waals surface area (Å²) >= 11 is 1.01. The Hall–Kier alpha value is -2.81. The van der Waals surface area contributed by atoms with Gasteiger partial charge in [-0.05, 0) is 49.4 Å². The molecule has 28 heavy (non-hydrogen) atoms. The summed E-state index contributed by atoms with van der Waals surface area (Å²) in [5, 5.41) is 7.26. The van der Waals surface area contributed by atoms with Crippen LogP contribution >= 0.6 is 11.8 Å². The van der Waals surface area contributed by atoms with E-state index in [1.165, 1.54) is 41.1 Å². The highest BCUT2D eigenvalue weighted by molar-refractivity contribution is 7.99. The van der Waals surface area contributed by atoms with Gasteiger partial charge in [0.2, 0.25) is 0 Å². The highest BCUT2D eigenvalue weighted by Gasteiger charge is 2.31. The van der Waals surface area contributed by atoms with Gasteiger partial charge in [0, 0.05) is 17.6 Å². The molecule has 0 saturated heterocycles. The minimum absolute atomic E-state index is 0.245. The Labute approximate surface area is 162 Å². The molecule has 0 saturated carbocycles. The maximum atomic E-state index is 13.0. The lowest BCUT2D eigenvalue weighted by molar-refractivity contribution is -0.137. The van der Waals surface area contributed by atoms with E-state index in [2.05, 4.69) is 10.4 Å². The third kappa shape index (κ3) is 4.36. The van der Waals surface area contributed by atoms with Gasteiger partial charge in [0.05, 0.1) is 16.8 Å². The molecule has 1 aromatic heterocycles. The third-order valence-electron chi connectivity index (χ3n) is 3.87. The summed E-state index contributed by atoms with van der Waals surface area (Å²) in [6.07, 6.45) is -4.46. The smallest absolute Gasteiger partial charge is 0.322 e.